The van der Waals surface area contributed by atoms with Gasteiger partial charge in [-0.1, -0.05) is 33.8 Å². The zero-order chi connectivity index (χ0) is 19.6. The number of amides is 1. The molecule has 0 bridgehead atoms. The fraction of sp³-hybridized carbons (Fsp3) is 0.875. The number of rotatable bonds is 3. The van der Waals surface area contributed by atoms with Crippen molar-refractivity contribution in [3.8, 4) is 0 Å². The molecule has 4 fully saturated rings. The Bertz CT molecular complexity index is 618. The molecule has 4 aliphatic rings. The molecule has 1 aliphatic heterocycles. The van der Waals surface area contributed by atoms with E-state index >= 15 is 0 Å². The molecule has 4 unspecified atom stereocenters. The van der Waals surface area contributed by atoms with E-state index in [1.165, 1.54) is 25.7 Å². The summed E-state index contributed by atoms with van der Waals surface area (Å²) in [6, 6.07) is 0.434. The number of hydrogen-bond donors (Lipinski definition) is 0. The second-order valence-corrected chi connectivity index (χ2v) is 10.8. The molecule has 3 aliphatic carbocycles. The molecule has 27 heavy (non-hydrogen) atoms. The first kappa shape index (κ1) is 19.5. The normalized spacial score (nSPS) is 52.1. The van der Waals surface area contributed by atoms with Crippen molar-refractivity contribution in [2.24, 2.45) is 40.4 Å². The monoisotopic (exact) mass is 373 g/mol. The zero-order valence-electron chi connectivity index (χ0n) is 18.0. The van der Waals surface area contributed by atoms with Crippen LogP contribution in [0.5, 0.6) is 0 Å². The Balaban J connectivity index is 1.67. The Hall–Kier alpha value is -0.830. The van der Waals surface area contributed by atoms with Gasteiger partial charge in [-0.3, -0.25) is 4.79 Å². The van der Waals surface area contributed by atoms with Gasteiger partial charge >= 0.3 is 0 Å². The lowest BCUT2D eigenvalue weighted by atomic mass is 9.44. The number of nitrogens with zero attached hydrogens (tertiary/aromatic N) is 1. The van der Waals surface area contributed by atoms with Crippen LogP contribution in [0.4, 0.5) is 0 Å². The van der Waals surface area contributed by atoms with Crippen molar-refractivity contribution in [3.05, 3.63) is 12.7 Å². The molecule has 3 heteroatoms. The van der Waals surface area contributed by atoms with Gasteiger partial charge in [0.05, 0.1) is 12.7 Å². The summed E-state index contributed by atoms with van der Waals surface area (Å²) in [5.41, 5.74) is 0.596. The Morgan fingerprint density at radius 1 is 1.19 bits per heavy atom. The summed E-state index contributed by atoms with van der Waals surface area (Å²) in [6.07, 6.45) is 9.06. The van der Waals surface area contributed by atoms with E-state index in [9.17, 15) is 4.79 Å². The van der Waals surface area contributed by atoms with Crippen molar-refractivity contribution in [2.45, 2.75) is 78.4 Å². The highest BCUT2D eigenvalue weighted by Gasteiger charge is 2.64. The lowest BCUT2D eigenvalue weighted by molar-refractivity contribution is -0.173. The number of piperidine rings is 1. The third kappa shape index (κ3) is 2.67. The summed E-state index contributed by atoms with van der Waals surface area (Å²) in [4.78, 5) is 14.5. The van der Waals surface area contributed by atoms with Gasteiger partial charge in [-0.25, -0.2) is 0 Å². The summed E-state index contributed by atoms with van der Waals surface area (Å²) in [5, 5.41) is 0. The molecule has 152 valence electrons. The fourth-order valence-electron chi connectivity index (χ4n) is 8.34. The van der Waals surface area contributed by atoms with E-state index < -0.39 is 0 Å². The maximum Gasteiger partial charge on any atom is 0.222 e. The Morgan fingerprint density at radius 3 is 2.63 bits per heavy atom. The van der Waals surface area contributed by atoms with Gasteiger partial charge in [-0.15, -0.1) is 6.58 Å². The average molecular weight is 374 g/mol. The molecular formula is C24H39NO2. The molecule has 3 nitrogen and oxygen atoms in total. The highest BCUT2D eigenvalue weighted by Crippen LogP contribution is 2.67. The van der Waals surface area contributed by atoms with E-state index in [1.54, 1.807) is 0 Å². The first-order chi connectivity index (χ1) is 12.7. The molecule has 0 aromatic carbocycles. The van der Waals surface area contributed by atoms with Crippen LogP contribution in [0.2, 0.25) is 0 Å². The first-order valence-corrected chi connectivity index (χ1v) is 11.2. The second-order valence-electron chi connectivity index (χ2n) is 10.8. The summed E-state index contributed by atoms with van der Waals surface area (Å²) in [5.74, 6) is 4.05. The van der Waals surface area contributed by atoms with Crippen LogP contribution >= 0.6 is 0 Å². The minimum Gasteiger partial charge on any atom is -0.374 e. The average Bonchev–Trinajstić information content (AvgIpc) is 2.89. The zero-order valence-corrected chi connectivity index (χ0v) is 18.0. The van der Waals surface area contributed by atoms with E-state index in [4.69, 9.17) is 4.74 Å². The van der Waals surface area contributed by atoms with Gasteiger partial charge in [0.15, 0.2) is 0 Å². The van der Waals surface area contributed by atoms with Gasteiger partial charge in [0.2, 0.25) is 5.91 Å². The van der Waals surface area contributed by atoms with E-state index in [1.807, 2.05) is 6.08 Å². The number of carbonyl (C=O) groups is 1. The van der Waals surface area contributed by atoms with Crippen molar-refractivity contribution in [2.75, 3.05) is 13.7 Å². The van der Waals surface area contributed by atoms with Crippen LogP contribution in [0.1, 0.15) is 66.2 Å². The number of hydrogen-bond acceptors (Lipinski definition) is 2. The maximum atomic E-state index is 12.4. The predicted octanol–water partition coefficient (Wildman–Crippen LogP) is 4.91. The molecule has 0 aromatic heterocycles. The first-order valence-electron chi connectivity index (χ1n) is 11.2. The standard InChI is InChI=1S/C24H39NO2/c1-7-12-27-19-14-16(3)22-21-15(2)13-18-23(4,11-9-20(26)25(18)6)17(21)8-10-24(19,22)5/h7,15-19,21-22H,1,8-14H2,2-6H3/t15?,16?,17-,18?,19?,21-,22+,23-,24-/m1/s1. The van der Waals surface area contributed by atoms with Gasteiger partial charge in [-0.2, -0.15) is 0 Å². The lowest BCUT2D eigenvalue weighted by Gasteiger charge is -2.64. The quantitative estimate of drug-likeness (QED) is 0.658. The van der Waals surface area contributed by atoms with Crippen molar-refractivity contribution in [3.63, 3.8) is 0 Å². The third-order valence-corrected chi connectivity index (χ3v) is 9.58. The number of likely N-dealkylation sites (tertiary alicyclic amines) is 1. The number of ether oxygens (including phenoxy) is 1. The summed E-state index contributed by atoms with van der Waals surface area (Å²) in [7, 11) is 2.06. The molecule has 9 atom stereocenters. The second kappa shape index (κ2) is 6.61. The molecule has 1 amide bonds. The fourth-order valence-corrected chi connectivity index (χ4v) is 8.34. The molecule has 3 saturated carbocycles. The van der Waals surface area contributed by atoms with Crippen molar-refractivity contribution < 1.29 is 9.53 Å². The molecule has 0 spiro atoms. The van der Waals surface area contributed by atoms with Crippen LogP contribution in [-0.4, -0.2) is 36.6 Å². The van der Waals surface area contributed by atoms with Crippen molar-refractivity contribution in [1.29, 1.82) is 0 Å². The van der Waals surface area contributed by atoms with Gasteiger partial charge in [0.25, 0.3) is 0 Å². The van der Waals surface area contributed by atoms with Crippen molar-refractivity contribution in [1.82, 2.24) is 4.90 Å². The smallest absolute Gasteiger partial charge is 0.222 e. The van der Waals surface area contributed by atoms with Crippen molar-refractivity contribution >= 4 is 5.91 Å². The molecule has 1 saturated heterocycles. The molecule has 1 heterocycles. The van der Waals surface area contributed by atoms with Crippen LogP contribution < -0.4 is 0 Å². The van der Waals surface area contributed by atoms with E-state index in [-0.39, 0.29) is 0 Å². The van der Waals surface area contributed by atoms with E-state index in [0.717, 1.165) is 36.5 Å². The van der Waals surface area contributed by atoms with Gasteiger partial charge in [0.1, 0.15) is 0 Å². The van der Waals surface area contributed by atoms with E-state index in [2.05, 4.69) is 46.2 Å². The summed E-state index contributed by atoms with van der Waals surface area (Å²) < 4.78 is 6.30. The molecule has 0 aromatic rings. The van der Waals surface area contributed by atoms with Gasteiger partial charge < -0.3 is 9.64 Å². The lowest BCUT2D eigenvalue weighted by Crippen LogP contribution is -2.63. The number of carbonyl (C=O) groups excluding carboxylic acids is 1. The third-order valence-electron chi connectivity index (χ3n) is 9.58. The van der Waals surface area contributed by atoms with Crippen LogP contribution in [0.15, 0.2) is 12.7 Å². The number of fused-ring (bicyclic) bond motifs is 5. The molecule has 4 rings (SSSR count). The predicted molar refractivity (Wildman–Crippen MR) is 109 cm³/mol. The Morgan fingerprint density at radius 2 is 1.93 bits per heavy atom. The maximum absolute atomic E-state index is 12.4. The molecule has 0 N–H and O–H groups in total. The molecular weight excluding hydrogens is 334 g/mol. The molecule has 0 radical (unpaired) electrons. The van der Waals surface area contributed by atoms with Crippen LogP contribution in [0.25, 0.3) is 0 Å². The Kier molecular flexibility index (Phi) is 4.77. The topological polar surface area (TPSA) is 29.5 Å². The summed E-state index contributed by atoms with van der Waals surface area (Å²) >= 11 is 0. The largest absolute Gasteiger partial charge is 0.374 e. The minimum absolute atomic E-state index is 0.293. The van der Waals surface area contributed by atoms with Crippen LogP contribution in [0, 0.1) is 40.4 Å². The summed E-state index contributed by atoms with van der Waals surface area (Å²) in [6.45, 7) is 14.5. The highest BCUT2D eigenvalue weighted by molar-refractivity contribution is 5.77. The highest BCUT2D eigenvalue weighted by atomic mass is 16.5. The van der Waals surface area contributed by atoms with Crippen LogP contribution in [0.3, 0.4) is 0 Å². The van der Waals surface area contributed by atoms with Gasteiger partial charge in [-0.05, 0) is 72.5 Å². The Labute approximate surface area is 165 Å². The minimum atomic E-state index is 0.293. The van der Waals surface area contributed by atoms with E-state index in [0.29, 0.717) is 41.4 Å². The van der Waals surface area contributed by atoms with Crippen LogP contribution in [-0.2, 0) is 9.53 Å². The SMILES string of the molecule is C=CCOC1CC(C)[C@H]2[C@@H]3C(C)CC4N(C)C(=O)CC[C@]4(C)[C@@H]3CC[C@]12C. The van der Waals surface area contributed by atoms with Gasteiger partial charge in [0, 0.05) is 19.5 Å².